The van der Waals surface area contributed by atoms with Crippen LogP contribution in [0.1, 0.15) is 31.3 Å². The minimum absolute atomic E-state index is 0. The van der Waals surface area contributed by atoms with Gasteiger partial charge in [0.15, 0.2) is 0 Å². The molecule has 4 rings (SSSR count). The van der Waals surface area contributed by atoms with Crippen LogP contribution in [0.3, 0.4) is 0 Å². The fourth-order valence-corrected chi connectivity index (χ4v) is 4.09. The predicted molar refractivity (Wildman–Crippen MR) is 102 cm³/mol. The third-order valence-electron chi connectivity index (χ3n) is 4.37. The van der Waals surface area contributed by atoms with E-state index < -0.39 is 0 Å². The molecule has 6 nitrogen and oxygen atoms in total. The van der Waals surface area contributed by atoms with E-state index in [2.05, 4.69) is 27.4 Å². The van der Waals surface area contributed by atoms with Crippen molar-refractivity contribution >= 4 is 46.4 Å². The van der Waals surface area contributed by atoms with Gasteiger partial charge in [-0.3, -0.25) is 9.89 Å². The number of H-pyrrole nitrogens is 2. The van der Waals surface area contributed by atoms with Crippen molar-refractivity contribution in [2.24, 2.45) is 0 Å². The minimum atomic E-state index is -0.235. The molecule has 0 aromatic carbocycles. The van der Waals surface area contributed by atoms with E-state index in [0.29, 0.717) is 4.70 Å². The van der Waals surface area contributed by atoms with Gasteiger partial charge in [-0.1, -0.05) is 0 Å². The first-order valence-corrected chi connectivity index (χ1v) is 8.18. The zero-order chi connectivity index (χ0) is 15.3. The summed E-state index contributed by atoms with van der Waals surface area (Å²) in [6, 6.07) is 1.98. The number of aryl methyl sites for hydroxylation is 1. The van der Waals surface area contributed by atoms with E-state index in [1.165, 1.54) is 11.3 Å². The van der Waals surface area contributed by atoms with Gasteiger partial charge in [0.25, 0.3) is 5.56 Å². The molecular weight excluding hydrogens is 369 g/mol. The van der Waals surface area contributed by atoms with Crippen LogP contribution in [0.5, 0.6) is 0 Å². The van der Waals surface area contributed by atoms with Crippen LogP contribution in [-0.4, -0.2) is 26.7 Å². The van der Waals surface area contributed by atoms with E-state index in [1.54, 1.807) is 6.20 Å². The van der Waals surface area contributed by atoms with Crippen LogP contribution < -0.4 is 10.9 Å². The van der Waals surface area contributed by atoms with Crippen molar-refractivity contribution in [3.8, 4) is 10.4 Å². The Bertz CT molecular complexity index is 910. The van der Waals surface area contributed by atoms with Crippen LogP contribution in [-0.2, 0) is 5.54 Å². The highest BCUT2D eigenvalue weighted by molar-refractivity contribution is 7.22. The number of hydrogen-bond acceptors (Lipinski definition) is 5. The molecule has 3 aromatic heterocycles. The Morgan fingerprint density at radius 1 is 1.33 bits per heavy atom. The first-order valence-electron chi connectivity index (χ1n) is 7.36. The molecule has 130 valence electrons. The summed E-state index contributed by atoms with van der Waals surface area (Å²) < 4.78 is 0.668. The van der Waals surface area contributed by atoms with Crippen LogP contribution in [0.25, 0.3) is 20.7 Å². The van der Waals surface area contributed by atoms with Gasteiger partial charge in [-0.25, -0.2) is 4.98 Å². The maximum atomic E-state index is 12.4. The lowest BCUT2D eigenvalue weighted by molar-refractivity contribution is 0.407. The SMILES string of the molecule is Cc1[nH]ncc1-c1cc2nc([C@@]3(C)CCCN3)[nH]c(=O)c2s1.Cl.Cl. The second-order valence-corrected chi connectivity index (χ2v) is 7.06. The van der Waals surface area contributed by atoms with Crippen LogP contribution in [0.15, 0.2) is 17.1 Å². The Labute approximate surface area is 155 Å². The highest BCUT2D eigenvalue weighted by Crippen LogP contribution is 2.33. The summed E-state index contributed by atoms with van der Waals surface area (Å²) in [4.78, 5) is 21.1. The van der Waals surface area contributed by atoms with Gasteiger partial charge in [0.2, 0.25) is 0 Å². The predicted octanol–water partition coefficient (Wildman–Crippen LogP) is 3.13. The highest BCUT2D eigenvalue weighted by Gasteiger charge is 2.33. The Morgan fingerprint density at radius 3 is 2.75 bits per heavy atom. The molecule has 1 saturated heterocycles. The summed E-state index contributed by atoms with van der Waals surface area (Å²) in [6.07, 6.45) is 3.87. The number of rotatable bonds is 2. The van der Waals surface area contributed by atoms with Crippen molar-refractivity contribution in [1.29, 1.82) is 0 Å². The summed E-state index contributed by atoms with van der Waals surface area (Å²) in [5.74, 6) is 0.732. The summed E-state index contributed by atoms with van der Waals surface area (Å²) in [7, 11) is 0. The molecule has 3 N–H and O–H groups in total. The van der Waals surface area contributed by atoms with Gasteiger partial charge < -0.3 is 10.3 Å². The lowest BCUT2D eigenvalue weighted by atomic mass is 9.99. The third-order valence-corrected chi connectivity index (χ3v) is 5.53. The molecule has 0 saturated carbocycles. The molecule has 1 aliphatic heterocycles. The monoisotopic (exact) mass is 387 g/mol. The second-order valence-electron chi connectivity index (χ2n) is 6.01. The van der Waals surface area contributed by atoms with Gasteiger partial charge in [0, 0.05) is 16.1 Å². The number of nitrogens with one attached hydrogen (secondary N) is 3. The van der Waals surface area contributed by atoms with Gasteiger partial charge in [0.1, 0.15) is 10.5 Å². The summed E-state index contributed by atoms with van der Waals surface area (Å²) in [5, 5.41) is 10.4. The van der Waals surface area contributed by atoms with E-state index >= 15 is 0 Å². The number of aromatic nitrogens is 4. The first kappa shape index (κ1) is 18.9. The van der Waals surface area contributed by atoms with E-state index in [9.17, 15) is 4.79 Å². The molecule has 0 amide bonds. The molecule has 0 unspecified atom stereocenters. The van der Waals surface area contributed by atoms with E-state index in [-0.39, 0.29) is 35.9 Å². The summed E-state index contributed by atoms with van der Waals surface area (Å²) in [6.45, 7) is 5.03. The molecule has 1 aliphatic rings. The Morgan fingerprint density at radius 2 is 2.12 bits per heavy atom. The zero-order valence-corrected chi connectivity index (χ0v) is 15.8. The summed E-state index contributed by atoms with van der Waals surface area (Å²) >= 11 is 1.46. The standard InChI is InChI=1S/C15H17N5OS.2ClH/c1-8-9(7-17-20-8)11-6-10-12(22-11)13(21)19-14(18-10)15(2)4-3-5-16-15;;/h6-7,16H,3-5H2,1-2H3,(H,17,20)(H,18,19,21);2*1H/t15-;;/m1../s1. The average Bonchev–Trinajstić information content (AvgIpc) is 3.18. The number of thiophene rings is 1. The average molecular weight is 388 g/mol. The van der Waals surface area contributed by atoms with Gasteiger partial charge in [0.05, 0.1) is 17.3 Å². The molecule has 4 heterocycles. The number of fused-ring (bicyclic) bond motifs is 1. The van der Waals surface area contributed by atoms with Crippen LogP contribution in [0, 0.1) is 6.92 Å². The third kappa shape index (κ3) is 2.97. The fraction of sp³-hybridized carbons (Fsp3) is 0.400. The van der Waals surface area contributed by atoms with Gasteiger partial charge in [-0.15, -0.1) is 36.2 Å². The lowest BCUT2D eigenvalue weighted by Crippen LogP contribution is -2.36. The molecule has 0 aliphatic carbocycles. The molecular formula is C15H19Cl2N5OS. The topological polar surface area (TPSA) is 86.5 Å². The Hall–Kier alpha value is -1.41. The van der Waals surface area contributed by atoms with Crippen molar-refractivity contribution in [1.82, 2.24) is 25.5 Å². The van der Waals surface area contributed by atoms with Gasteiger partial charge >= 0.3 is 0 Å². The van der Waals surface area contributed by atoms with Crippen molar-refractivity contribution in [3.63, 3.8) is 0 Å². The number of nitrogens with zero attached hydrogens (tertiary/aromatic N) is 2. The Balaban J connectivity index is 0.00000104. The molecule has 1 fully saturated rings. The van der Waals surface area contributed by atoms with Crippen molar-refractivity contribution < 1.29 is 0 Å². The number of halogens is 2. The normalized spacial score (nSPS) is 19.9. The van der Waals surface area contributed by atoms with Crippen LogP contribution in [0.2, 0.25) is 0 Å². The lowest BCUT2D eigenvalue weighted by Gasteiger charge is -2.22. The largest absolute Gasteiger partial charge is 0.308 e. The van der Waals surface area contributed by atoms with E-state index in [4.69, 9.17) is 4.98 Å². The Kier molecular flexibility index (Phi) is 5.39. The molecule has 0 spiro atoms. The summed E-state index contributed by atoms with van der Waals surface area (Å²) in [5.41, 5.74) is 2.48. The van der Waals surface area contributed by atoms with Crippen molar-refractivity contribution in [2.75, 3.05) is 6.54 Å². The first-order chi connectivity index (χ1) is 10.6. The van der Waals surface area contributed by atoms with Gasteiger partial charge in [-0.05, 0) is 39.3 Å². The smallest absolute Gasteiger partial charge is 0.268 e. The minimum Gasteiger partial charge on any atom is -0.308 e. The maximum Gasteiger partial charge on any atom is 0.268 e. The molecule has 1 atom stereocenters. The number of hydrogen-bond donors (Lipinski definition) is 3. The van der Waals surface area contributed by atoms with E-state index in [1.807, 2.05) is 13.0 Å². The number of aromatic amines is 2. The molecule has 0 bridgehead atoms. The zero-order valence-electron chi connectivity index (χ0n) is 13.3. The van der Waals surface area contributed by atoms with Crippen molar-refractivity contribution in [2.45, 2.75) is 32.2 Å². The highest BCUT2D eigenvalue weighted by atomic mass is 35.5. The van der Waals surface area contributed by atoms with Crippen LogP contribution >= 0.6 is 36.2 Å². The second kappa shape index (κ2) is 6.84. The quantitative estimate of drug-likeness (QED) is 0.630. The van der Waals surface area contributed by atoms with E-state index in [0.717, 1.165) is 46.9 Å². The fourth-order valence-electron chi connectivity index (χ4n) is 3.03. The molecule has 0 radical (unpaired) electrons. The van der Waals surface area contributed by atoms with Crippen molar-refractivity contribution in [3.05, 3.63) is 34.1 Å². The molecule has 3 aromatic rings. The van der Waals surface area contributed by atoms with Crippen LogP contribution in [0.4, 0.5) is 0 Å². The maximum absolute atomic E-state index is 12.4. The molecule has 9 heteroatoms. The molecule has 24 heavy (non-hydrogen) atoms. The van der Waals surface area contributed by atoms with Gasteiger partial charge in [-0.2, -0.15) is 5.10 Å².